The van der Waals surface area contributed by atoms with E-state index < -0.39 is 92.7 Å². The van der Waals surface area contributed by atoms with Crippen LogP contribution in [0.1, 0.15) is 303 Å². The minimum Gasteiger partial charge on any atom is -0.462 e. The minimum absolute atomic E-state index is 0.167. The molecule has 0 amide bonds. The number of unbranched alkanes of at least 4 members (excludes halogenated alkanes) is 40. The van der Waals surface area contributed by atoms with Crippen LogP contribution in [0.25, 0.3) is 0 Å². The highest BCUT2D eigenvalue weighted by Crippen LogP contribution is 2.27. The molecule has 2 heterocycles. The van der Waals surface area contributed by atoms with Crippen molar-refractivity contribution in [1.29, 1.82) is 0 Å². The molecule has 0 aliphatic carbocycles. The monoisotopic (exact) mass is 1160 g/mol. The first-order valence-corrected chi connectivity index (χ1v) is 33.8. The molecule has 0 aromatic rings. The van der Waals surface area contributed by atoms with E-state index in [1.165, 1.54) is 225 Å². The van der Waals surface area contributed by atoms with Crippen molar-refractivity contribution in [2.24, 2.45) is 0 Å². The summed E-state index contributed by atoms with van der Waals surface area (Å²) in [4.78, 5) is 26.0. The standard InChI is InChI=1S/C66H124O15/c1-3-5-7-9-11-13-15-17-19-21-23-25-27-29-30-32-34-36-38-40-42-44-46-48-57(68)76-51-54(52-77-65-64(75)62(73)60(71)56(81-65)53-78-66-63(74)61(72)59(70)55(50-67)80-66)79-58(69)49-47-45-43-41-39-37-35-33-31-28-26-24-22-20-18-16-14-12-10-8-6-4-2/h40,42,54-56,59-67,70-75H,3-39,41,43-53H2,1-2H3/b42-40+/t54-,55+,56+,59-,60-,61?,62?,63?,64?,65+,66+/m0/s1. The molecule has 2 fully saturated rings. The van der Waals surface area contributed by atoms with Crippen molar-refractivity contribution in [2.45, 2.75) is 370 Å². The molecule has 7 N–H and O–H groups in total. The summed E-state index contributed by atoms with van der Waals surface area (Å²) in [6, 6.07) is 0. The predicted octanol–water partition coefficient (Wildman–Crippen LogP) is 13.2. The van der Waals surface area contributed by atoms with Gasteiger partial charge < -0.3 is 64.2 Å². The van der Waals surface area contributed by atoms with Crippen molar-refractivity contribution in [3.05, 3.63) is 12.2 Å². The van der Waals surface area contributed by atoms with Crippen LogP contribution in [-0.2, 0) is 38.0 Å². The van der Waals surface area contributed by atoms with Crippen molar-refractivity contribution in [3.8, 4) is 0 Å². The van der Waals surface area contributed by atoms with Crippen LogP contribution < -0.4 is 0 Å². The molecule has 0 aromatic carbocycles. The fourth-order valence-corrected chi connectivity index (χ4v) is 11.0. The summed E-state index contributed by atoms with van der Waals surface area (Å²) in [7, 11) is 0. The van der Waals surface area contributed by atoms with Gasteiger partial charge in [0.1, 0.15) is 55.4 Å². The van der Waals surface area contributed by atoms with Gasteiger partial charge in [0.05, 0.1) is 19.8 Å². The quantitative estimate of drug-likeness (QED) is 0.0171. The summed E-state index contributed by atoms with van der Waals surface area (Å²) in [5.41, 5.74) is 0. The normalized spacial score (nSPS) is 23.6. The lowest BCUT2D eigenvalue weighted by molar-refractivity contribution is -0.332. The number of esters is 2. The zero-order chi connectivity index (χ0) is 58.8. The Morgan fingerprint density at radius 2 is 0.716 bits per heavy atom. The van der Waals surface area contributed by atoms with E-state index in [2.05, 4.69) is 26.0 Å². The number of hydrogen-bond acceptors (Lipinski definition) is 15. The smallest absolute Gasteiger partial charge is 0.306 e. The number of allylic oxidation sites excluding steroid dienone is 2. The molecule has 15 heteroatoms. The molecule has 4 unspecified atom stereocenters. The SMILES string of the molecule is CCCCCCCCCCCCCCCCCCCC/C=C/CCCC(=O)OC[C@@H](CO[C@@H]1O[C@H](CO[C@@H]2O[C@H](CO)[C@H](O)C(O)C2O)[C@H](O)C(O)C1O)OC(=O)CCCCCCCCCCCCCCCCCCCCCCCC. The van der Waals surface area contributed by atoms with Crippen molar-refractivity contribution >= 4 is 11.9 Å². The number of aliphatic hydroxyl groups excluding tert-OH is 7. The molecule has 0 saturated carbocycles. The second kappa shape index (κ2) is 52.6. The summed E-state index contributed by atoms with van der Waals surface area (Å²) in [5.74, 6) is -0.940. The number of ether oxygens (including phenoxy) is 6. The summed E-state index contributed by atoms with van der Waals surface area (Å²) in [5, 5.41) is 72.5. The van der Waals surface area contributed by atoms with Gasteiger partial charge in [0.25, 0.3) is 0 Å². The molecule has 2 saturated heterocycles. The van der Waals surface area contributed by atoms with Crippen molar-refractivity contribution < 1.29 is 73.8 Å². The Morgan fingerprint density at radius 3 is 1.12 bits per heavy atom. The summed E-state index contributed by atoms with van der Waals surface area (Å²) < 4.78 is 33.8. The van der Waals surface area contributed by atoms with Crippen LogP contribution in [0.4, 0.5) is 0 Å². The molecule has 478 valence electrons. The van der Waals surface area contributed by atoms with Crippen LogP contribution in [0.3, 0.4) is 0 Å². The number of aliphatic hydroxyl groups is 7. The third kappa shape index (κ3) is 38.8. The van der Waals surface area contributed by atoms with E-state index >= 15 is 0 Å². The third-order valence-corrected chi connectivity index (χ3v) is 16.5. The molecule has 15 nitrogen and oxygen atoms in total. The maximum atomic E-state index is 13.1. The van der Waals surface area contributed by atoms with Crippen LogP contribution in [-0.4, -0.2) is 142 Å². The van der Waals surface area contributed by atoms with Gasteiger partial charge in [-0.2, -0.15) is 0 Å². The van der Waals surface area contributed by atoms with Crippen LogP contribution in [0, 0.1) is 0 Å². The van der Waals surface area contributed by atoms with Crippen molar-refractivity contribution in [1.82, 2.24) is 0 Å². The van der Waals surface area contributed by atoms with Gasteiger partial charge in [-0.05, 0) is 32.1 Å². The average molecular weight is 1160 g/mol. The molecular weight excluding hydrogens is 1030 g/mol. The highest BCUT2D eigenvalue weighted by Gasteiger charge is 2.47. The average Bonchev–Trinajstić information content (AvgIpc) is 3.58. The molecular formula is C66H124O15. The summed E-state index contributed by atoms with van der Waals surface area (Å²) in [6.07, 6.45) is 42.5. The van der Waals surface area contributed by atoms with Crippen LogP contribution >= 0.6 is 0 Å². The maximum Gasteiger partial charge on any atom is 0.306 e. The Hall–Kier alpha value is -1.76. The van der Waals surface area contributed by atoms with E-state index in [4.69, 9.17) is 28.4 Å². The number of hydrogen-bond donors (Lipinski definition) is 7. The summed E-state index contributed by atoms with van der Waals surface area (Å²) >= 11 is 0. The van der Waals surface area contributed by atoms with E-state index in [9.17, 15) is 45.3 Å². The van der Waals surface area contributed by atoms with Gasteiger partial charge in [0.2, 0.25) is 0 Å². The Bertz CT molecular complexity index is 1450. The van der Waals surface area contributed by atoms with Gasteiger partial charge in [-0.1, -0.05) is 270 Å². The Kier molecular flexibility index (Phi) is 48.9. The van der Waals surface area contributed by atoms with E-state index in [0.717, 1.165) is 38.5 Å². The first-order chi connectivity index (χ1) is 39.5. The molecule has 11 atom stereocenters. The second-order valence-corrected chi connectivity index (χ2v) is 24.0. The van der Waals surface area contributed by atoms with Crippen molar-refractivity contribution in [2.75, 3.05) is 26.4 Å². The van der Waals surface area contributed by atoms with Crippen LogP contribution in [0.2, 0.25) is 0 Å². The van der Waals surface area contributed by atoms with Gasteiger partial charge in [-0.15, -0.1) is 0 Å². The largest absolute Gasteiger partial charge is 0.462 e. The van der Waals surface area contributed by atoms with Gasteiger partial charge in [0, 0.05) is 12.8 Å². The number of carbonyl (C=O) groups is 2. The topological polar surface area (TPSA) is 231 Å². The molecule has 0 radical (unpaired) electrons. The fourth-order valence-electron chi connectivity index (χ4n) is 11.0. The van der Waals surface area contributed by atoms with Crippen molar-refractivity contribution in [3.63, 3.8) is 0 Å². The Labute approximate surface area is 492 Å². The number of carbonyl (C=O) groups excluding carboxylic acids is 2. The second-order valence-electron chi connectivity index (χ2n) is 24.0. The lowest BCUT2D eigenvalue weighted by Crippen LogP contribution is -2.61. The Balaban J connectivity index is 1.69. The highest BCUT2D eigenvalue weighted by molar-refractivity contribution is 5.70. The molecule has 2 aliphatic heterocycles. The molecule has 0 aromatic heterocycles. The lowest BCUT2D eigenvalue weighted by Gasteiger charge is -2.42. The number of rotatable bonds is 56. The highest BCUT2D eigenvalue weighted by atomic mass is 16.7. The molecule has 2 aliphatic rings. The minimum atomic E-state index is -1.77. The van der Waals surface area contributed by atoms with E-state index in [1.807, 2.05) is 0 Å². The predicted molar refractivity (Wildman–Crippen MR) is 321 cm³/mol. The Morgan fingerprint density at radius 1 is 0.383 bits per heavy atom. The zero-order valence-corrected chi connectivity index (χ0v) is 51.6. The van der Waals surface area contributed by atoms with E-state index in [-0.39, 0.29) is 26.1 Å². The van der Waals surface area contributed by atoms with Crippen LogP contribution in [0.5, 0.6) is 0 Å². The van der Waals surface area contributed by atoms with E-state index in [1.54, 1.807) is 0 Å². The maximum absolute atomic E-state index is 13.1. The van der Waals surface area contributed by atoms with Gasteiger partial charge in [0.15, 0.2) is 18.7 Å². The lowest BCUT2D eigenvalue weighted by atomic mass is 9.98. The molecule has 81 heavy (non-hydrogen) atoms. The van der Waals surface area contributed by atoms with Crippen LogP contribution in [0.15, 0.2) is 12.2 Å². The third-order valence-electron chi connectivity index (χ3n) is 16.5. The first-order valence-electron chi connectivity index (χ1n) is 33.8. The first kappa shape index (κ1) is 75.3. The zero-order valence-electron chi connectivity index (χ0n) is 51.6. The summed E-state index contributed by atoms with van der Waals surface area (Å²) in [6.45, 7) is 2.65. The van der Waals surface area contributed by atoms with Gasteiger partial charge in [-0.25, -0.2) is 0 Å². The fraction of sp³-hybridized carbons (Fsp3) is 0.939. The van der Waals surface area contributed by atoms with Gasteiger partial charge in [-0.3, -0.25) is 9.59 Å². The van der Waals surface area contributed by atoms with E-state index in [0.29, 0.717) is 12.8 Å². The molecule has 2 rings (SSSR count). The van der Waals surface area contributed by atoms with Gasteiger partial charge >= 0.3 is 11.9 Å². The molecule has 0 bridgehead atoms. The molecule has 0 spiro atoms.